The van der Waals surface area contributed by atoms with Gasteiger partial charge in [-0.25, -0.2) is 9.97 Å². The van der Waals surface area contributed by atoms with Crippen molar-refractivity contribution in [2.24, 2.45) is 0 Å². The largest absolute Gasteiger partial charge is 0.255 e. The molecule has 6 heteroatoms. The minimum absolute atomic E-state index is 0.733. The zero-order chi connectivity index (χ0) is 36.1. The van der Waals surface area contributed by atoms with Crippen LogP contribution in [0.1, 0.15) is 22.3 Å². The highest BCUT2D eigenvalue weighted by atomic mass is 14.8. The maximum atomic E-state index is 4.91. The van der Waals surface area contributed by atoms with Crippen molar-refractivity contribution >= 4 is 21.5 Å². The van der Waals surface area contributed by atoms with Crippen molar-refractivity contribution in [3.05, 3.63) is 193 Å². The van der Waals surface area contributed by atoms with Gasteiger partial charge in [-0.2, -0.15) is 0 Å². The lowest BCUT2D eigenvalue weighted by Gasteiger charge is -2.11. The van der Waals surface area contributed by atoms with Gasteiger partial charge in [0.1, 0.15) is 0 Å². The summed E-state index contributed by atoms with van der Waals surface area (Å²) in [7, 11) is 0. The van der Waals surface area contributed by atoms with Crippen LogP contribution >= 0.6 is 0 Å². The van der Waals surface area contributed by atoms with E-state index in [1.165, 1.54) is 0 Å². The lowest BCUT2D eigenvalue weighted by atomic mass is 9.91. The number of nitrogens with zero attached hydrogens (tertiary/aromatic N) is 6. The summed E-state index contributed by atoms with van der Waals surface area (Å²) in [6, 6.07) is 47.8. The molecule has 0 radical (unpaired) electrons. The summed E-state index contributed by atoms with van der Waals surface area (Å²) >= 11 is 0. The average Bonchev–Trinajstić information content (AvgIpc) is 3.26. The Bertz CT molecular complexity index is 2550. The van der Waals surface area contributed by atoms with E-state index in [2.05, 4.69) is 67.9 Å². The summed E-state index contributed by atoms with van der Waals surface area (Å²) in [6.45, 7) is 0. The first-order valence-electron chi connectivity index (χ1n) is 17.4. The Morgan fingerprint density at radius 2 is 0.556 bits per heavy atom. The number of rotatable bonds is 4. The van der Waals surface area contributed by atoms with Crippen LogP contribution in [-0.4, -0.2) is 29.9 Å². The highest BCUT2D eigenvalue weighted by Crippen LogP contribution is 2.33. The molecule has 0 saturated carbocycles. The number of aromatic nitrogens is 6. The van der Waals surface area contributed by atoms with E-state index in [0.717, 1.165) is 89.4 Å². The van der Waals surface area contributed by atoms with Crippen LogP contribution in [0.3, 0.4) is 0 Å². The van der Waals surface area contributed by atoms with Gasteiger partial charge < -0.3 is 0 Å². The molecule has 0 aliphatic heterocycles. The monoisotopic (exact) mass is 688 g/mol. The Kier molecular flexibility index (Phi) is 8.59. The second-order valence-electron chi connectivity index (χ2n) is 12.5. The van der Waals surface area contributed by atoms with Crippen molar-refractivity contribution in [1.82, 2.24) is 29.9 Å². The normalized spacial score (nSPS) is 10.7. The van der Waals surface area contributed by atoms with E-state index in [1.807, 2.05) is 121 Å². The van der Waals surface area contributed by atoms with Gasteiger partial charge in [0.15, 0.2) is 0 Å². The third-order valence-corrected chi connectivity index (χ3v) is 8.96. The predicted octanol–water partition coefficient (Wildman–Crippen LogP) is 9.83. The smallest absolute Gasteiger partial charge is 0.0906 e. The molecule has 0 fully saturated rings. The topological polar surface area (TPSA) is 77.3 Å². The van der Waals surface area contributed by atoms with Gasteiger partial charge in [-0.15, -0.1) is 0 Å². The third-order valence-electron chi connectivity index (χ3n) is 8.96. The van der Waals surface area contributed by atoms with Gasteiger partial charge in [-0.05, 0) is 94.3 Å². The molecule has 0 bridgehead atoms. The van der Waals surface area contributed by atoms with Crippen LogP contribution in [0.2, 0.25) is 0 Å². The van der Waals surface area contributed by atoms with E-state index in [4.69, 9.17) is 9.97 Å². The lowest BCUT2D eigenvalue weighted by Crippen LogP contribution is -1.94. The molecule has 250 valence electrons. The maximum Gasteiger partial charge on any atom is 0.0906 e. The molecule has 3 aromatic carbocycles. The van der Waals surface area contributed by atoms with E-state index in [1.54, 1.807) is 24.8 Å². The van der Waals surface area contributed by atoms with Gasteiger partial charge in [-0.1, -0.05) is 96.5 Å². The predicted molar refractivity (Wildman–Crippen MR) is 215 cm³/mol. The van der Waals surface area contributed by atoms with Crippen LogP contribution in [-0.2, 0) is 0 Å². The van der Waals surface area contributed by atoms with E-state index < -0.39 is 0 Å². The van der Waals surface area contributed by atoms with Crippen molar-refractivity contribution in [3.8, 4) is 69.2 Å². The van der Waals surface area contributed by atoms with Crippen LogP contribution in [0.25, 0.3) is 67.1 Å². The van der Waals surface area contributed by atoms with Crippen LogP contribution in [0.15, 0.2) is 170 Å². The third kappa shape index (κ3) is 6.55. The molecule has 0 saturated heterocycles. The zero-order valence-electron chi connectivity index (χ0n) is 28.8. The number of hydrogen-bond donors (Lipinski definition) is 0. The van der Waals surface area contributed by atoms with Gasteiger partial charge in [0, 0.05) is 47.0 Å². The quantitative estimate of drug-likeness (QED) is 0.135. The highest BCUT2D eigenvalue weighted by molar-refractivity contribution is 6.09. The lowest BCUT2D eigenvalue weighted by molar-refractivity contribution is 1.21. The first kappa shape index (κ1) is 32.1. The summed E-state index contributed by atoms with van der Waals surface area (Å²) in [4.78, 5) is 28.1. The number of hydrogen-bond acceptors (Lipinski definition) is 6. The summed E-state index contributed by atoms with van der Waals surface area (Å²) in [5, 5.41) is 4.09. The maximum absolute atomic E-state index is 4.91. The first-order valence-corrected chi connectivity index (χ1v) is 17.4. The SMILES string of the molecule is C(#Cc1c2ccccc2c(C#Cc2cc(-c3ccccn3)nc(-c3ccccn3)c2)c2ccccc12)c1cc(-c2ccccn2)nc(-c2ccccn2)c1. The molecule has 6 heterocycles. The molecular weight excluding hydrogens is 661 g/mol. The Balaban J connectivity index is 1.20. The highest BCUT2D eigenvalue weighted by Gasteiger charge is 2.13. The molecular formula is C48H28N6. The fourth-order valence-electron chi connectivity index (χ4n) is 6.45. The summed E-state index contributed by atoms with van der Waals surface area (Å²) < 4.78 is 0. The first-order chi connectivity index (χ1) is 26.8. The zero-order valence-corrected chi connectivity index (χ0v) is 28.8. The summed E-state index contributed by atoms with van der Waals surface area (Å²) in [5.74, 6) is 14.1. The summed E-state index contributed by atoms with van der Waals surface area (Å²) in [5.41, 5.74) is 9.50. The molecule has 54 heavy (non-hydrogen) atoms. The van der Waals surface area contributed by atoms with Crippen LogP contribution in [0.5, 0.6) is 0 Å². The number of pyridine rings is 6. The Morgan fingerprint density at radius 1 is 0.278 bits per heavy atom. The minimum Gasteiger partial charge on any atom is -0.255 e. The molecule has 6 nitrogen and oxygen atoms in total. The second-order valence-corrected chi connectivity index (χ2v) is 12.5. The second kappa shape index (κ2) is 14.4. The Morgan fingerprint density at radius 3 is 0.815 bits per heavy atom. The van der Waals surface area contributed by atoms with Crippen molar-refractivity contribution in [3.63, 3.8) is 0 Å². The summed E-state index contributed by atoms with van der Waals surface area (Å²) in [6.07, 6.45) is 7.08. The van der Waals surface area contributed by atoms with E-state index in [0.29, 0.717) is 0 Å². The number of benzene rings is 3. The Labute approximate surface area is 312 Å². The van der Waals surface area contributed by atoms with Crippen LogP contribution < -0.4 is 0 Å². The molecule has 6 aromatic heterocycles. The molecule has 9 aromatic rings. The minimum atomic E-state index is 0.733. The van der Waals surface area contributed by atoms with Gasteiger partial charge in [0.25, 0.3) is 0 Å². The molecule has 0 aliphatic carbocycles. The molecule has 0 N–H and O–H groups in total. The van der Waals surface area contributed by atoms with Gasteiger partial charge in [0.2, 0.25) is 0 Å². The van der Waals surface area contributed by atoms with E-state index in [9.17, 15) is 0 Å². The van der Waals surface area contributed by atoms with Crippen molar-refractivity contribution in [2.75, 3.05) is 0 Å². The molecule has 0 unspecified atom stereocenters. The molecule has 0 atom stereocenters. The van der Waals surface area contributed by atoms with Gasteiger partial charge in [0.05, 0.1) is 45.6 Å². The van der Waals surface area contributed by atoms with Crippen molar-refractivity contribution < 1.29 is 0 Å². The fourth-order valence-corrected chi connectivity index (χ4v) is 6.45. The van der Waals surface area contributed by atoms with Crippen LogP contribution in [0.4, 0.5) is 0 Å². The standard InChI is InChI=1S/C48H28N6/c1-2-14-36-35(13-1)39(23-21-33-29-45(41-17-5-9-25-49-41)53-46(30-33)42-18-6-10-26-50-42)37-15-3-4-16-38(37)40(36)24-22-34-31-47(43-19-7-11-27-51-43)54-48(32-34)44-20-8-12-28-52-44/h1-20,25-32H. The molecule has 0 spiro atoms. The Hall–Kier alpha value is -7.80. The number of fused-ring (bicyclic) bond motifs is 2. The van der Waals surface area contributed by atoms with Crippen LogP contribution in [0, 0.1) is 23.7 Å². The van der Waals surface area contributed by atoms with E-state index >= 15 is 0 Å². The average molecular weight is 689 g/mol. The van der Waals surface area contributed by atoms with Crippen molar-refractivity contribution in [2.45, 2.75) is 0 Å². The fraction of sp³-hybridized carbons (Fsp3) is 0. The van der Waals surface area contributed by atoms with E-state index in [-0.39, 0.29) is 0 Å². The molecule has 9 rings (SSSR count). The molecule has 0 amide bonds. The van der Waals surface area contributed by atoms with Gasteiger partial charge in [-0.3, -0.25) is 19.9 Å². The van der Waals surface area contributed by atoms with Crippen molar-refractivity contribution in [1.29, 1.82) is 0 Å². The van der Waals surface area contributed by atoms with Gasteiger partial charge >= 0.3 is 0 Å². The molecule has 0 aliphatic rings.